The first-order chi connectivity index (χ1) is 6.94. The van der Waals surface area contributed by atoms with Crippen molar-refractivity contribution in [1.29, 1.82) is 0 Å². The minimum Gasteiger partial charge on any atom is -0.405 e. The van der Waals surface area contributed by atoms with Crippen molar-refractivity contribution in [3.8, 4) is 5.75 Å². The second kappa shape index (κ2) is 5.96. The van der Waals surface area contributed by atoms with Crippen molar-refractivity contribution in [2.24, 2.45) is 5.73 Å². The Balaban J connectivity index is 0.00000225. The maximum Gasteiger partial charge on any atom is 0.573 e. The third kappa shape index (κ3) is 4.28. The molecule has 0 unspecified atom stereocenters. The molecule has 0 saturated carbocycles. The summed E-state index contributed by atoms with van der Waals surface area (Å²) in [5.74, 6) is -0.223. The summed E-state index contributed by atoms with van der Waals surface area (Å²) in [5.41, 5.74) is 6.04. The summed E-state index contributed by atoms with van der Waals surface area (Å²) in [6, 6.07) is 5.47. The number of ether oxygens (including phenoxy) is 1. The lowest BCUT2D eigenvalue weighted by Crippen LogP contribution is -2.20. The van der Waals surface area contributed by atoms with E-state index in [0.717, 1.165) is 0 Å². The van der Waals surface area contributed by atoms with Crippen LogP contribution in [0, 0.1) is 0 Å². The number of nitrogens with two attached hydrogens (primary N) is 1. The van der Waals surface area contributed by atoms with Gasteiger partial charge in [-0.25, -0.2) is 0 Å². The Hall–Kier alpha value is -0.940. The van der Waals surface area contributed by atoms with E-state index in [1.165, 1.54) is 18.2 Å². The molecule has 0 aromatic heterocycles. The number of hydrogen-bond donors (Lipinski definition) is 1. The number of rotatable bonds is 3. The molecule has 1 atom stereocenters. The van der Waals surface area contributed by atoms with Crippen molar-refractivity contribution in [2.75, 3.05) is 0 Å². The Morgan fingerprint density at radius 1 is 1.31 bits per heavy atom. The quantitative estimate of drug-likeness (QED) is 0.898. The van der Waals surface area contributed by atoms with Crippen LogP contribution in [-0.4, -0.2) is 6.36 Å². The molecule has 0 amide bonds. The Bertz CT molecular complexity index is 330. The van der Waals surface area contributed by atoms with Crippen LogP contribution in [-0.2, 0) is 0 Å². The van der Waals surface area contributed by atoms with Gasteiger partial charge in [0.25, 0.3) is 0 Å². The summed E-state index contributed by atoms with van der Waals surface area (Å²) in [6.07, 6.45) is -4.12. The second-order valence-corrected chi connectivity index (χ2v) is 3.10. The zero-order valence-corrected chi connectivity index (χ0v) is 9.44. The van der Waals surface area contributed by atoms with Gasteiger partial charge in [-0.05, 0) is 12.5 Å². The lowest BCUT2D eigenvalue weighted by atomic mass is 10.0. The standard InChI is InChI=1S/C10H12F3NO.ClH/c1-2-8(14)7-5-3-4-6-9(7)15-10(11,12)13;/h3-6,8H,2,14H2,1H3;1H/t8-;/m1./s1. The van der Waals surface area contributed by atoms with Gasteiger partial charge in [0.15, 0.2) is 0 Å². The molecule has 0 aliphatic rings. The van der Waals surface area contributed by atoms with Gasteiger partial charge in [0.2, 0.25) is 0 Å². The molecule has 16 heavy (non-hydrogen) atoms. The second-order valence-electron chi connectivity index (χ2n) is 3.10. The molecule has 2 N–H and O–H groups in total. The third-order valence-corrected chi connectivity index (χ3v) is 1.98. The van der Waals surface area contributed by atoms with Gasteiger partial charge in [0.1, 0.15) is 5.75 Å². The van der Waals surface area contributed by atoms with Crippen LogP contribution in [0.5, 0.6) is 5.75 Å². The fourth-order valence-electron chi connectivity index (χ4n) is 1.22. The summed E-state index contributed by atoms with van der Waals surface area (Å²) in [5, 5.41) is 0. The molecule has 0 heterocycles. The van der Waals surface area contributed by atoms with E-state index in [0.29, 0.717) is 12.0 Å². The van der Waals surface area contributed by atoms with E-state index in [9.17, 15) is 13.2 Å². The average Bonchev–Trinajstić information content (AvgIpc) is 2.15. The van der Waals surface area contributed by atoms with E-state index in [1.54, 1.807) is 13.0 Å². The fraction of sp³-hybridized carbons (Fsp3) is 0.400. The number of hydrogen-bond acceptors (Lipinski definition) is 2. The predicted octanol–water partition coefficient (Wildman–Crippen LogP) is 3.42. The molecule has 0 spiro atoms. The lowest BCUT2D eigenvalue weighted by molar-refractivity contribution is -0.275. The van der Waals surface area contributed by atoms with E-state index in [-0.39, 0.29) is 18.2 Å². The van der Waals surface area contributed by atoms with Gasteiger partial charge in [-0.15, -0.1) is 25.6 Å². The molecule has 1 aromatic carbocycles. The smallest absolute Gasteiger partial charge is 0.405 e. The molecular weight excluding hydrogens is 243 g/mol. The molecule has 92 valence electrons. The summed E-state index contributed by atoms with van der Waals surface area (Å²) in [4.78, 5) is 0. The Morgan fingerprint density at radius 3 is 2.38 bits per heavy atom. The number of benzene rings is 1. The van der Waals surface area contributed by atoms with Gasteiger partial charge in [-0.1, -0.05) is 25.1 Å². The van der Waals surface area contributed by atoms with Crippen LogP contribution in [0.25, 0.3) is 0 Å². The zero-order chi connectivity index (χ0) is 11.5. The van der Waals surface area contributed by atoms with Crippen LogP contribution in [0.4, 0.5) is 13.2 Å². The topological polar surface area (TPSA) is 35.2 Å². The molecule has 0 radical (unpaired) electrons. The highest BCUT2D eigenvalue weighted by atomic mass is 35.5. The number of para-hydroxylation sites is 1. The van der Waals surface area contributed by atoms with Gasteiger partial charge >= 0.3 is 6.36 Å². The molecular formula is C10H13ClF3NO. The number of halogens is 4. The van der Waals surface area contributed by atoms with Gasteiger partial charge in [0, 0.05) is 11.6 Å². The molecule has 1 rings (SSSR count). The average molecular weight is 256 g/mol. The van der Waals surface area contributed by atoms with E-state index in [1.807, 2.05) is 0 Å². The van der Waals surface area contributed by atoms with Crippen LogP contribution >= 0.6 is 12.4 Å². The van der Waals surface area contributed by atoms with Crippen molar-refractivity contribution in [3.05, 3.63) is 29.8 Å². The van der Waals surface area contributed by atoms with Crippen molar-refractivity contribution >= 4 is 12.4 Å². The predicted molar refractivity (Wildman–Crippen MR) is 57.6 cm³/mol. The van der Waals surface area contributed by atoms with E-state index in [4.69, 9.17) is 5.73 Å². The van der Waals surface area contributed by atoms with Gasteiger partial charge in [-0.3, -0.25) is 0 Å². The Kier molecular flexibility index (Phi) is 5.61. The summed E-state index contributed by atoms with van der Waals surface area (Å²) >= 11 is 0. The number of alkyl halides is 3. The van der Waals surface area contributed by atoms with Crippen LogP contribution in [0.3, 0.4) is 0 Å². The molecule has 1 aromatic rings. The van der Waals surface area contributed by atoms with Gasteiger partial charge in [0.05, 0.1) is 0 Å². The van der Waals surface area contributed by atoms with Crippen LogP contribution in [0.2, 0.25) is 0 Å². The van der Waals surface area contributed by atoms with Crippen molar-refractivity contribution in [1.82, 2.24) is 0 Å². The first kappa shape index (κ1) is 15.1. The minimum absolute atomic E-state index is 0. The maximum absolute atomic E-state index is 12.0. The van der Waals surface area contributed by atoms with Crippen LogP contribution in [0.1, 0.15) is 24.9 Å². The van der Waals surface area contributed by atoms with Crippen LogP contribution in [0.15, 0.2) is 24.3 Å². The molecule has 0 fully saturated rings. The highest BCUT2D eigenvalue weighted by Crippen LogP contribution is 2.30. The van der Waals surface area contributed by atoms with Crippen LogP contribution < -0.4 is 10.5 Å². The summed E-state index contributed by atoms with van der Waals surface area (Å²) in [6.45, 7) is 1.80. The lowest BCUT2D eigenvalue weighted by Gasteiger charge is -2.16. The molecule has 2 nitrogen and oxygen atoms in total. The van der Waals surface area contributed by atoms with Gasteiger partial charge in [-0.2, -0.15) is 0 Å². The third-order valence-electron chi connectivity index (χ3n) is 1.98. The van der Waals surface area contributed by atoms with Crippen molar-refractivity contribution < 1.29 is 17.9 Å². The minimum atomic E-state index is -4.68. The largest absolute Gasteiger partial charge is 0.573 e. The first-order valence-electron chi connectivity index (χ1n) is 4.54. The molecule has 0 bridgehead atoms. The van der Waals surface area contributed by atoms with E-state index in [2.05, 4.69) is 4.74 Å². The molecule has 0 aliphatic carbocycles. The Morgan fingerprint density at radius 2 is 1.88 bits per heavy atom. The van der Waals surface area contributed by atoms with E-state index >= 15 is 0 Å². The maximum atomic E-state index is 12.0. The normalized spacial score (nSPS) is 12.8. The Labute approximate surface area is 98.0 Å². The SMILES string of the molecule is CC[C@@H](N)c1ccccc1OC(F)(F)F.Cl. The highest BCUT2D eigenvalue weighted by Gasteiger charge is 2.32. The summed E-state index contributed by atoms with van der Waals surface area (Å²) < 4.78 is 40.0. The summed E-state index contributed by atoms with van der Waals surface area (Å²) in [7, 11) is 0. The highest BCUT2D eigenvalue weighted by molar-refractivity contribution is 5.85. The fourth-order valence-corrected chi connectivity index (χ4v) is 1.22. The zero-order valence-electron chi connectivity index (χ0n) is 8.62. The molecule has 6 heteroatoms. The van der Waals surface area contributed by atoms with Crippen molar-refractivity contribution in [2.45, 2.75) is 25.7 Å². The molecule has 0 aliphatic heterocycles. The monoisotopic (exact) mass is 255 g/mol. The van der Waals surface area contributed by atoms with Crippen molar-refractivity contribution in [3.63, 3.8) is 0 Å². The van der Waals surface area contributed by atoms with E-state index < -0.39 is 12.4 Å². The molecule has 0 saturated heterocycles. The first-order valence-corrected chi connectivity index (χ1v) is 4.54. The van der Waals surface area contributed by atoms with Gasteiger partial charge < -0.3 is 10.5 Å².